The van der Waals surface area contributed by atoms with Crippen LogP contribution in [-0.4, -0.2) is 4.98 Å². The molecule has 78 valence electrons. The summed E-state index contributed by atoms with van der Waals surface area (Å²) in [7, 11) is 0. The van der Waals surface area contributed by atoms with Gasteiger partial charge in [0, 0.05) is 10.2 Å². The summed E-state index contributed by atoms with van der Waals surface area (Å²) in [5.74, 6) is 0. The second kappa shape index (κ2) is 4.06. The molecule has 0 saturated carbocycles. The maximum Gasteiger partial charge on any atom is 0.0691 e. The van der Waals surface area contributed by atoms with E-state index in [2.05, 4.69) is 27.8 Å². The normalized spacial score (nSPS) is 10.9. The van der Waals surface area contributed by atoms with Crippen LogP contribution in [0.4, 0.5) is 0 Å². The Morgan fingerprint density at radius 2 is 2.13 bits per heavy atom. The first-order valence-corrected chi connectivity index (χ1v) is 6.09. The van der Waals surface area contributed by atoms with E-state index < -0.39 is 0 Å². The molecule has 1 aromatic heterocycles. The molecule has 15 heavy (non-hydrogen) atoms. The van der Waals surface area contributed by atoms with E-state index in [1.54, 1.807) is 0 Å². The van der Waals surface area contributed by atoms with Crippen LogP contribution in [0.2, 0.25) is 0 Å². The highest BCUT2D eigenvalue weighted by molar-refractivity contribution is 9.10. The van der Waals surface area contributed by atoms with Crippen molar-refractivity contribution in [1.29, 1.82) is 0 Å². The molecule has 2 aromatic rings. The summed E-state index contributed by atoms with van der Waals surface area (Å²) < 4.78 is 1.05. The number of benzene rings is 1. The molecule has 1 aromatic carbocycles. The molecular formula is C12H11BrNS-. The van der Waals surface area contributed by atoms with Crippen LogP contribution in [0.15, 0.2) is 27.6 Å². The number of aryl methyl sites for hydroxylation is 1. The minimum atomic E-state index is 0.945. The Balaban J connectivity index is 2.86. The monoisotopic (exact) mass is 280 g/mol. The van der Waals surface area contributed by atoms with Crippen LogP contribution in [0.3, 0.4) is 0 Å². The van der Waals surface area contributed by atoms with Crippen LogP contribution in [-0.2, 0) is 19.0 Å². The molecule has 0 atom stereocenters. The Kier molecular flexibility index (Phi) is 2.94. The van der Waals surface area contributed by atoms with Crippen molar-refractivity contribution in [2.24, 2.45) is 0 Å². The minimum Gasteiger partial charge on any atom is -0.779 e. The Labute approximate surface area is 103 Å². The van der Waals surface area contributed by atoms with E-state index in [0.29, 0.717) is 0 Å². The molecule has 0 unspecified atom stereocenters. The Hall–Kier alpha value is -0.670. The van der Waals surface area contributed by atoms with Gasteiger partial charge in [-0.2, -0.15) is 4.90 Å². The quantitative estimate of drug-likeness (QED) is 0.738. The van der Waals surface area contributed by atoms with Crippen molar-refractivity contribution in [3.8, 4) is 0 Å². The summed E-state index contributed by atoms with van der Waals surface area (Å²) in [4.78, 5) is 5.51. The van der Waals surface area contributed by atoms with Crippen LogP contribution >= 0.6 is 15.9 Å². The number of rotatable bonds is 1. The predicted octanol–water partition coefficient (Wildman–Crippen LogP) is 3.77. The molecule has 2 rings (SSSR count). The summed E-state index contributed by atoms with van der Waals surface area (Å²) in [5, 5.41) is 1.07. The van der Waals surface area contributed by atoms with Crippen LogP contribution in [0, 0.1) is 6.92 Å². The zero-order valence-electron chi connectivity index (χ0n) is 8.67. The molecule has 0 amide bonds. The highest BCUT2D eigenvalue weighted by Gasteiger charge is 2.03. The third-order valence-electron chi connectivity index (χ3n) is 2.56. The second-order valence-corrected chi connectivity index (χ2v) is 4.84. The molecule has 0 fully saturated rings. The van der Waals surface area contributed by atoms with Gasteiger partial charge in [0.15, 0.2) is 0 Å². The van der Waals surface area contributed by atoms with E-state index in [-0.39, 0.29) is 0 Å². The van der Waals surface area contributed by atoms with E-state index in [0.717, 1.165) is 32.4 Å². The van der Waals surface area contributed by atoms with E-state index in [4.69, 9.17) is 12.6 Å². The third-order valence-corrected chi connectivity index (χ3v) is 3.52. The summed E-state index contributed by atoms with van der Waals surface area (Å²) in [6.45, 7) is 4.14. The maximum atomic E-state index is 5.48. The van der Waals surface area contributed by atoms with Gasteiger partial charge in [-0.3, -0.25) is 4.98 Å². The second-order valence-electron chi connectivity index (χ2n) is 3.52. The molecule has 1 heterocycles. The van der Waals surface area contributed by atoms with E-state index in [9.17, 15) is 0 Å². The molecule has 0 radical (unpaired) electrons. The summed E-state index contributed by atoms with van der Waals surface area (Å²) in [6.07, 6.45) is 0.945. The summed E-state index contributed by atoms with van der Waals surface area (Å²) in [6, 6.07) is 6.04. The van der Waals surface area contributed by atoms with Gasteiger partial charge < -0.3 is 12.6 Å². The van der Waals surface area contributed by atoms with Crippen LogP contribution in [0.25, 0.3) is 10.9 Å². The predicted molar refractivity (Wildman–Crippen MR) is 69.2 cm³/mol. The van der Waals surface area contributed by atoms with E-state index >= 15 is 0 Å². The van der Waals surface area contributed by atoms with Crippen molar-refractivity contribution in [2.75, 3.05) is 0 Å². The van der Waals surface area contributed by atoms with Crippen molar-refractivity contribution >= 4 is 39.5 Å². The first-order valence-electron chi connectivity index (χ1n) is 4.89. The number of aromatic nitrogens is 1. The SMILES string of the molecule is CCc1c(C)nc2ccc(Br)cc2c1[S-]. The number of hydrogen-bond acceptors (Lipinski definition) is 2. The molecule has 0 aliphatic heterocycles. The highest BCUT2D eigenvalue weighted by Crippen LogP contribution is 2.26. The first-order chi connectivity index (χ1) is 7.13. The van der Waals surface area contributed by atoms with Gasteiger partial charge >= 0.3 is 0 Å². The molecule has 0 saturated heterocycles. The van der Waals surface area contributed by atoms with E-state index in [1.165, 1.54) is 5.56 Å². The average molecular weight is 281 g/mol. The van der Waals surface area contributed by atoms with Gasteiger partial charge in [0.1, 0.15) is 0 Å². The minimum absolute atomic E-state index is 0.945. The van der Waals surface area contributed by atoms with Crippen LogP contribution in [0.5, 0.6) is 0 Å². The number of nitrogens with zero attached hydrogens (tertiary/aromatic N) is 1. The van der Waals surface area contributed by atoms with Gasteiger partial charge in [-0.25, -0.2) is 0 Å². The lowest BCUT2D eigenvalue weighted by Crippen LogP contribution is -1.96. The van der Waals surface area contributed by atoms with Gasteiger partial charge in [0.25, 0.3) is 0 Å². The fraction of sp³-hybridized carbons (Fsp3) is 0.250. The molecule has 0 aliphatic carbocycles. The number of halogens is 1. The van der Waals surface area contributed by atoms with E-state index in [1.807, 2.05) is 25.1 Å². The van der Waals surface area contributed by atoms with Gasteiger partial charge in [-0.05, 0) is 42.5 Å². The Morgan fingerprint density at radius 3 is 2.80 bits per heavy atom. The van der Waals surface area contributed by atoms with Crippen molar-refractivity contribution in [3.05, 3.63) is 33.9 Å². The van der Waals surface area contributed by atoms with Crippen molar-refractivity contribution in [2.45, 2.75) is 25.2 Å². The fourth-order valence-electron chi connectivity index (χ4n) is 1.78. The summed E-state index contributed by atoms with van der Waals surface area (Å²) in [5.41, 5.74) is 3.23. The zero-order valence-corrected chi connectivity index (χ0v) is 11.1. The van der Waals surface area contributed by atoms with Crippen LogP contribution in [0.1, 0.15) is 18.2 Å². The molecule has 1 nitrogen and oxygen atoms in total. The molecule has 3 heteroatoms. The Bertz CT molecular complexity index is 523. The van der Waals surface area contributed by atoms with Crippen LogP contribution < -0.4 is 0 Å². The lowest BCUT2D eigenvalue weighted by Gasteiger charge is -2.18. The van der Waals surface area contributed by atoms with Gasteiger partial charge in [0.2, 0.25) is 0 Å². The lowest BCUT2D eigenvalue weighted by molar-refractivity contribution is 1.02. The smallest absolute Gasteiger partial charge is 0.0691 e. The fourth-order valence-corrected chi connectivity index (χ4v) is 2.60. The standard InChI is InChI=1S/C12H12BrNS/c1-3-9-7(2)14-11-5-4-8(13)6-10(11)12(9)15/h4-6H,3H2,1-2H3,(H,14,15)/p-1. The highest BCUT2D eigenvalue weighted by atomic mass is 79.9. The third kappa shape index (κ3) is 1.86. The average Bonchev–Trinajstić information content (AvgIpc) is 2.20. The van der Waals surface area contributed by atoms with Crippen molar-refractivity contribution in [3.63, 3.8) is 0 Å². The van der Waals surface area contributed by atoms with Gasteiger partial charge in [0.05, 0.1) is 5.52 Å². The molecule has 0 N–H and O–H groups in total. The van der Waals surface area contributed by atoms with Gasteiger partial charge in [-0.15, -0.1) is 0 Å². The number of hydrogen-bond donors (Lipinski definition) is 0. The van der Waals surface area contributed by atoms with Gasteiger partial charge in [-0.1, -0.05) is 22.9 Å². The Morgan fingerprint density at radius 1 is 1.40 bits per heavy atom. The first kappa shape index (κ1) is 10.8. The number of fused-ring (bicyclic) bond motifs is 1. The number of pyridine rings is 1. The molecule has 0 spiro atoms. The molecular weight excluding hydrogens is 270 g/mol. The van der Waals surface area contributed by atoms with Crippen molar-refractivity contribution < 1.29 is 0 Å². The topological polar surface area (TPSA) is 12.9 Å². The summed E-state index contributed by atoms with van der Waals surface area (Å²) >= 11 is 8.94. The maximum absolute atomic E-state index is 5.48. The zero-order chi connectivity index (χ0) is 11.0. The van der Waals surface area contributed by atoms with Crippen molar-refractivity contribution in [1.82, 2.24) is 4.98 Å². The largest absolute Gasteiger partial charge is 0.779 e. The molecule has 0 bridgehead atoms. The molecule has 0 aliphatic rings. The lowest BCUT2D eigenvalue weighted by atomic mass is 10.1.